The second-order valence-electron chi connectivity index (χ2n) is 14.3. The maximum Gasteiger partial charge on any atom is 0.223 e. The van der Waals surface area contributed by atoms with E-state index in [-0.39, 0.29) is 23.9 Å². The van der Waals surface area contributed by atoms with E-state index in [1.165, 1.54) is 27.9 Å². The Morgan fingerprint density at radius 3 is 2.38 bits per heavy atom. The minimum absolute atomic E-state index is 0.131. The molecule has 2 unspecified atom stereocenters. The predicted octanol–water partition coefficient (Wildman–Crippen LogP) is 6.55. The highest BCUT2D eigenvalue weighted by Gasteiger charge is 2.38. The number of fused-ring (bicyclic) bond motifs is 2. The summed E-state index contributed by atoms with van der Waals surface area (Å²) < 4.78 is 1.03. The number of rotatable bonds is 6. The molecule has 2 aromatic carbocycles. The maximum absolute atomic E-state index is 13.9. The van der Waals surface area contributed by atoms with Crippen molar-refractivity contribution in [2.75, 3.05) is 45.8 Å². The van der Waals surface area contributed by atoms with Crippen LogP contribution < -0.4 is 0 Å². The highest BCUT2D eigenvalue weighted by molar-refractivity contribution is 9.10. The van der Waals surface area contributed by atoms with Gasteiger partial charge in [0.25, 0.3) is 0 Å². The average Bonchev–Trinajstić information content (AvgIpc) is 3.25. The van der Waals surface area contributed by atoms with Gasteiger partial charge in [0.1, 0.15) is 0 Å². The van der Waals surface area contributed by atoms with Gasteiger partial charge in [0, 0.05) is 86.9 Å². The van der Waals surface area contributed by atoms with Gasteiger partial charge in [-0.25, -0.2) is 0 Å². The van der Waals surface area contributed by atoms with Crippen molar-refractivity contribution in [1.29, 1.82) is 0 Å². The molecule has 0 saturated carbocycles. The van der Waals surface area contributed by atoms with Crippen molar-refractivity contribution in [3.63, 3.8) is 0 Å². The van der Waals surface area contributed by atoms with Crippen LogP contribution >= 0.6 is 27.5 Å². The fourth-order valence-electron chi connectivity index (χ4n) is 8.71. The Morgan fingerprint density at radius 2 is 1.62 bits per heavy atom. The largest absolute Gasteiger partial charge is 0.343 e. The van der Waals surface area contributed by atoms with Gasteiger partial charge in [-0.05, 0) is 107 Å². The zero-order valence-corrected chi connectivity index (χ0v) is 30.3. The van der Waals surface area contributed by atoms with E-state index in [0.717, 1.165) is 100 Å². The summed E-state index contributed by atoms with van der Waals surface area (Å²) in [5.41, 5.74) is 6.46. The number of carbonyl (C=O) groups excluding carboxylic acids is 2. The van der Waals surface area contributed by atoms with E-state index in [4.69, 9.17) is 16.6 Å². The minimum atomic E-state index is 0.131. The van der Waals surface area contributed by atoms with Crippen LogP contribution in [-0.4, -0.2) is 94.3 Å². The van der Waals surface area contributed by atoms with Gasteiger partial charge < -0.3 is 9.80 Å². The molecule has 0 spiro atoms. The lowest BCUT2D eigenvalue weighted by Crippen LogP contribution is -2.59. The Hall–Kier alpha value is -2.78. The number of likely N-dealkylation sites (tertiary alicyclic amines) is 2. The second kappa shape index (κ2) is 15.0. The van der Waals surface area contributed by atoms with Gasteiger partial charge in [0.15, 0.2) is 0 Å². The van der Waals surface area contributed by atoms with Crippen molar-refractivity contribution in [3.05, 3.63) is 98.2 Å². The molecule has 4 heterocycles. The minimum Gasteiger partial charge on any atom is -0.343 e. The molecule has 1 aliphatic carbocycles. The number of carbonyl (C=O) groups is 2. The Bertz CT molecular complexity index is 1550. The van der Waals surface area contributed by atoms with Gasteiger partial charge in [-0.2, -0.15) is 0 Å². The topological polar surface area (TPSA) is 60.0 Å². The molecule has 4 aliphatic rings. The quantitative estimate of drug-likeness (QED) is 0.288. The highest BCUT2D eigenvalue weighted by atomic mass is 79.9. The first-order valence-corrected chi connectivity index (χ1v) is 19.0. The number of piperidine rings is 2. The standard InChI is InChI=1S/C39H47BrClN5O2/c1-27(47)43-15-11-29(12-16-43)22-37(48)46-20-19-45(26-35(46)21-28-5-3-2-4-6-28)34-13-17-44(18-14-34)39-36-10-9-33(41)24-30(36)7-8-31-23-32(40)25-42-38(31)39/h2-6,9-10,23-25,29,34-35,39H,7-8,11-22,26H2,1H3. The lowest BCUT2D eigenvalue weighted by molar-refractivity contribution is -0.138. The third kappa shape index (κ3) is 7.52. The summed E-state index contributed by atoms with van der Waals surface area (Å²) in [6.45, 7) is 7.83. The zero-order chi connectivity index (χ0) is 33.2. The van der Waals surface area contributed by atoms with Gasteiger partial charge in [0.05, 0.1) is 11.7 Å². The first kappa shape index (κ1) is 33.7. The molecule has 3 aromatic rings. The monoisotopic (exact) mass is 731 g/mol. The molecule has 7 rings (SSSR count). The second-order valence-corrected chi connectivity index (χ2v) is 15.6. The predicted molar refractivity (Wildman–Crippen MR) is 194 cm³/mol. The van der Waals surface area contributed by atoms with Gasteiger partial charge in [-0.15, -0.1) is 0 Å². The van der Waals surface area contributed by atoms with Crippen LogP contribution in [-0.2, 0) is 28.9 Å². The van der Waals surface area contributed by atoms with Crippen molar-refractivity contribution >= 4 is 39.3 Å². The number of benzene rings is 2. The van der Waals surface area contributed by atoms with Gasteiger partial charge >= 0.3 is 0 Å². The number of nitrogens with zero attached hydrogens (tertiary/aromatic N) is 5. The molecule has 2 atom stereocenters. The number of aromatic nitrogens is 1. The van der Waals surface area contributed by atoms with E-state index in [1.807, 2.05) is 17.2 Å². The lowest BCUT2D eigenvalue weighted by atomic mass is 9.91. The van der Waals surface area contributed by atoms with Gasteiger partial charge in [-0.3, -0.25) is 24.4 Å². The number of halogens is 2. The van der Waals surface area contributed by atoms with Crippen molar-refractivity contribution in [3.8, 4) is 0 Å². The Morgan fingerprint density at radius 1 is 0.875 bits per heavy atom. The molecule has 0 bridgehead atoms. The molecule has 1 aromatic heterocycles. The summed E-state index contributed by atoms with van der Waals surface area (Å²) >= 11 is 10.1. The van der Waals surface area contributed by atoms with Crippen molar-refractivity contribution in [2.24, 2.45) is 5.92 Å². The van der Waals surface area contributed by atoms with Crippen molar-refractivity contribution in [1.82, 2.24) is 24.6 Å². The average molecular weight is 733 g/mol. The third-order valence-corrected chi connectivity index (χ3v) is 12.0. The molecule has 7 nitrogen and oxygen atoms in total. The van der Waals surface area contributed by atoms with Crippen LogP contribution in [0.25, 0.3) is 0 Å². The van der Waals surface area contributed by atoms with E-state index in [1.54, 1.807) is 6.92 Å². The van der Waals surface area contributed by atoms with E-state index < -0.39 is 0 Å². The molecular formula is C39H47BrClN5O2. The molecule has 3 saturated heterocycles. The van der Waals surface area contributed by atoms with E-state index >= 15 is 0 Å². The fourth-order valence-corrected chi connectivity index (χ4v) is 9.28. The molecule has 0 N–H and O–H groups in total. The normalized spacial score (nSPS) is 23.0. The van der Waals surface area contributed by atoms with E-state index in [9.17, 15) is 9.59 Å². The Labute approximate surface area is 298 Å². The summed E-state index contributed by atoms with van der Waals surface area (Å²) in [6.07, 6.45) is 9.40. The van der Waals surface area contributed by atoms with Crippen LogP contribution in [0, 0.1) is 5.92 Å². The molecule has 3 aliphatic heterocycles. The first-order chi connectivity index (χ1) is 23.3. The van der Waals surface area contributed by atoms with Crippen LogP contribution in [0.2, 0.25) is 5.02 Å². The number of pyridine rings is 1. The summed E-state index contributed by atoms with van der Waals surface area (Å²) in [6, 6.07) is 20.1. The van der Waals surface area contributed by atoms with E-state index in [0.29, 0.717) is 18.4 Å². The number of hydrogen-bond acceptors (Lipinski definition) is 5. The third-order valence-electron chi connectivity index (χ3n) is 11.3. The SMILES string of the molecule is CC(=O)N1CCC(CC(=O)N2CCN(C3CCN(C4c5ccc(Cl)cc5CCc5cc(Br)cnc54)CC3)CC2Cc2ccccc2)CC1. The van der Waals surface area contributed by atoms with Crippen LogP contribution in [0.15, 0.2) is 65.3 Å². The smallest absolute Gasteiger partial charge is 0.223 e. The van der Waals surface area contributed by atoms with E-state index in [2.05, 4.69) is 79.2 Å². The molecule has 9 heteroatoms. The molecular weight excluding hydrogens is 686 g/mol. The first-order valence-electron chi connectivity index (χ1n) is 17.8. The number of piperazine rings is 1. The van der Waals surface area contributed by atoms with Crippen molar-refractivity contribution in [2.45, 2.75) is 76.4 Å². The van der Waals surface area contributed by atoms with Crippen LogP contribution in [0.1, 0.15) is 73.0 Å². The van der Waals surface area contributed by atoms with Crippen LogP contribution in [0.3, 0.4) is 0 Å². The number of amides is 2. The molecule has 254 valence electrons. The van der Waals surface area contributed by atoms with Crippen molar-refractivity contribution < 1.29 is 9.59 Å². The van der Waals surface area contributed by atoms with Gasteiger partial charge in [-0.1, -0.05) is 48.0 Å². The van der Waals surface area contributed by atoms with Crippen LogP contribution in [0.4, 0.5) is 0 Å². The number of aryl methyl sites for hydroxylation is 2. The molecule has 2 amide bonds. The maximum atomic E-state index is 13.9. The van der Waals surface area contributed by atoms with Crippen LogP contribution in [0.5, 0.6) is 0 Å². The summed E-state index contributed by atoms with van der Waals surface area (Å²) in [5.74, 6) is 0.790. The Kier molecular flexibility index (Phi) is 10.5. The molecule has 3 fully saturated rings. The summed E-state index contributed by atoms with van der Waals surface area (Å²) in [5, 5.41) is 0.798. The molecule has 48 heavy (non-hydrogen) atoms. The summed E-state index contributed by atoms with van der Waals surface area (Å²) in [4.78, 5) is 40.1. The zero-order valence-electron chi connectivity index (χ0n) is 28.0. The molecule has 0 radical (unpaired) electrons. The Balaban J connectivity index is 1.04. The van der Waals surface area contributed by atoms with Gasteiger partial charge in [0.2, 0.25) is 11.8 Å². The number of hydrogen-bond donors (Lipinski definition) is 0. The highest BCUT2D eigenvalue weighted by Crippen LogP contribution is 2.39. The fraction of sp³-hybridized carbons (Fsp3) is 0.513. The lowest BCUT2D eigenvalue weighted by Gasteiger charge is -2.48. The summed E-state index contributed by atoms with van der Waals surface area (Å²) in [7, 11) is 0.